The van der Waals surface area contributed by atoms with Crippen molar-refractivity contribution >= 4 is 33.5 Å². The predicted octanol–water partition coefficient (Wildman–Crippen LogP) is 2.98. The lowest BCUT2D eigenvalue weighted by Crippen LogP contribution is -2.37. The Kier molecular flexibility index (Phi) is 10.9. The van der Waals surface area contributed by atoms with Crippen LogP contribution in [-0.2, 0) is 64.2 Å². The number of nitrogens with zero attached hydrogens (tertiary/aromatic N) is 6. The van der Waals surface area contributed by atoms with Crippen LogP contribution in [0.3, 0.4) is 0 Å². The molecule has 4 saturated heterocycles. The highest BCUT2D eigenvalue weighted by atomic mass is 16.8. The fraction of sp³-hybridized carbons (Fsp3) is 0.524. The topological polar surface area (TPSA) is 215 Å². The first-order valence-corrected chi connectivity index (χ1v) is 20.4. The van der Waals surface area contributed by atoms with Gasteiger partial charge in [0.05, 0.1) is 74.1 Å². The summed E-state index contributed by atoms with van der Waals surface area (Å²) in [6.07, 6.45) is 0.0281. The summed E-state index contributed by atoms with van der Waals surface area (Å²) in [6.45, 7) is 10.0. The highest BCUT2D eigenvalue weighted by molar-refractivity contribution is 6.05. The van der Waals surface area contributed by atoms with E-state index >= 15 is 0 Å². The molecule has 9 rings (SSSR count). The molecule has 18 heteroatoms. The van der Waals surface area contributed by atoms with Gasteiger partial charge < -0.3 is 49.3 Å². The Morgan fingerprint density at radius 1 is 0.600 bits per heavy atom. The molecule has 4 aliphatic heterocycles. The van der Waals surface area contributed by atoms with Crippen molar-refractivity contribution in [3.8, 4) is 0 Å². The van der Waals surface area contributed by atoms with E-state index in [1.54, 1.807) is 0 Å². The van der Waals surface area contributed by atoms with Gasteiger partial charge in [0, 0.05) is 26.2 Å². The molecule has 2 aromatic heterocycles. The number of carboxylic acid groups (broad SMARTS) is 2. The molecular formula is C42H50N8O10. The van der Waals surface area contributed by atoms with Crippen LogP contribution >= 0.6 is 0 Å². The third kappa shape index (κ3) is 8.38. The van der Waals surface area contributed by atoms with Gasteiger partial charge in [-0.05, 0) is 60.4 Å². The Balaban J connectivity index is 0.857. The molecule has 5 aromatic rings. The molecule has 4 fully saturated rings. The number of hydrogen-bond donors (Lipinski definition) is 4. The van der Waals surface area contributed by atoms with E-state index in [4.69, 9.17) is 28.4 Å². The maximum atomic E-state index is 11.5. The van der Waals surface area contributed by atoms with Gasteiger partial charge in [0.2, 0.25) is 0 Å². The molecule has 0 aliphatic carbocycles. The van der Waals surface area contributed by atoms with Crippen LogP contribution in [0.4, 0.5) is 0 Å². The van der Waals surface area contributed by atoms with Crippen LogP contribution in [0.15, 0.2) is 60.9 Å². The Bertz CT molecular complexity index is 2160. The van der Waals surface area contributed by atoms with Crippen LogP contribution in [0.5, 0.6) is 0 Å². The van der Waals surface area contributed by atoms with Gasteiger partial charge in [-0.25, -0.2) is 9.36 Å². The molecule has 0 radical (unpaired) electrons. The molecule has 8 atom stereocenters. The number of fused-ring (bicyclic) bond motifs is 4. The maximum absolute atomic E-state index is 11.5. The number of carbonyl (C=O) groups is 2. The third-order valence-electron chi connectivity index (χ3n) is 11.5. The van der Waals surface area contributed by atoms with Crippen molar-refractivity contribution < 1.29 is 48.2 Å². The summed E-state index contributed by atoms with van der Waals surface area (Å²) in [5.74, 6) is -3.50. The van der Waals surface area contributed by atoms with Crippen LogP contribution in [0.25, 0.3) is 21.5 Å². The lowest BCUT2D eigenvalue weighted by atomic mass is 9.91. The van der Waals surface area contributed by atoms with Gasteiger partial charge in [0.25, 0.3) is 0 Å². The van der Waals surface area contributed by atoms with E-state index in [1.165, 1.54) is 0 Å². The molecule has 6 heterocycles. The van der Waals surface area contributed by atoms with Crippen LogP contribution in [-0.4, -0.2) is 126 Å². The zero-order valence-electron chi connectivity index (χ0n) is 33.9. The van der Waals surface area contributed by atoms with Crippen molar-refractivity contribution in [3.63, 3.8) is 0 Å². The second kappa shape index (κ2) is 16.2. The fourth-order valence-corrected chi connectivity index (χ4v) is 9.20. The number of rotatable bonds is 16. The van der Waals surface area contributed by atoms with Gasteiger partial charge in [-0.2, -0.15) is 0 Å². The molecule has 4 N–H and O–H groups in total. The summed E-state index contributed by atoms with van der Waals surface area (Å²) in [5.41, 5.74) is 3.75. The first-order chi connectivity index (χ1) is 28.8. The minimum absolute atomic E-state index is 0.153. The number of carboxylic acids is 2. The van der Waals surface area contributed by atoms with Crippen LogP contribution in [0.2, 0.25) is 0 Å². The van der Waals surface area contributed by atoms with Crippen molar-refractivity contribution in [2.24, 2.45) is 0 Å². The SMILES string of the molecule is CC1(C)O[C@@H]2[C@H](O1)[C@@H](CC(=O)O)O[C@H]2CNCc1cn(Cc2c3ccccc3c(Cn3cc(CNC[C@@H]4O[C@H](CC(=O)O)[C@H]5OC(C)(C)O[C@H]54)nn3)c3ccccc23)nn1. The number of benzene rings is 3. The van der Waals surface area contributed by atoms with Crippen molar-refractivity contribution in [1.82, 2.24) is 40.6 Å². The molecule has 0 bridgehead atoms. The second-order valence-electron chi connectivity index (χ2n) is 16.9. The van der Waals surface area contributed by atoms with Gasteiger partial charge in [-0.15, -0.1) is 10.2 Å². The van der Waals surface area contributed by atoms with Crippen molar-refractivity contribution in [2.75, 3.05) is 13.1 Å². The zero-order valence-corrected chi connectivity index (χ0v) is 33.9. The zero-order chi connectivity index (χ0) is 41.8. The summed E-state index contributed by atoms with van der Waals surface area (Å²) in [4.78, 5) is 22.9. The van der Waals surface area contributed by atoms with Crippen LogP contribution < -0.4 is 10.6 Å². The minimum atomic E-state index is -0.941. The summed E-state index contributed by atoms with van der Waals surface area (Å²) < 4.78 is 40.0. The summed E-state index contributed by atoms with van der Waals surface area (Å²) in [5, 5.41) is 47.9. The van der Waals surface area contributed by atoms with E-state index in [1.807, 2.05) is 73.7 Å². The molecule has 3 aromatic carbocycles. The quantitative estimate of drug-likeness (QED) is 0.105. The summed E-state index contributed by atoms with van der Waals surface area (Å²) >= 11 is 0. The molecule has 0 unspecified atom stereocenters. The first-order valence-electron chi connectivity index (χ1n) is 20.4. The smallest absolute Gasteiger partial charge is 0.306 e. The molecule has 4 aliphatic rings. The van der Waals surface area contributed by atoms with E-state index in [0.717, 1.165) is 44.1 Å². The Morgan fingerprint density at radius 3 is 1.30 bits per heavy atom. The minimum Gasteiger partial charge on any atom is -0.481 e. The average molecular weight is 827 g/mol. The predicted molar refractivity (Wildman–Crippen MR) is 213 cm³/mol. The number of aliphatic carboxylic acids is 2. The third-order valence-corrected chi connectivity index (χ3v) is 11.5. The molecule has 18 nitrogen and oxygen atoms in total. The van der Waals surface area contributed by atoms with E-state index in [9.17, 15) is 19.8 Å². The normalized spacial score (nSPS) is 27.8. The highest BCUT2D eigenvalue weighted by Gasteiger charge is 2.56. The van der Waals surface area contributed by atoms with Gasteiger partial charge >= 0.3 is 11.9 Å². The Labute approximate surface area is 345 Å². The largest absolute Gasteiger partial charge is 0.481 e. The van der Waals surface area contributed by atoms with Crippen molar-refractivity contribution in [1.29, 1.82) is 0 Å². The van der Waals surface area contributed by atoms with E-state index in [-0.39, 0.29) is 37.3 Å². The van der Waals surface area contributed by atoms with Gasteiger partial charge in [-0.1, -0.05) is 59.0 Å². The molecular weight excluding hydrogens is 777 g/mol. The van der Waals surface area contributed by atoms with E-state index < -0.39 is 47.9 Å². The number of hydrogen-bond acceptors (Lipinski definition) is 14. The Morgan fingerprint density at radius 2 is 0.950 bits per heavy atom. The van der Waals surface area contributed by atoms with Crippen molar-refractivity contribution in [2.45, 2.75) is 127 Å². The Hall–Kier alpha value is -4.92. The molecule has 0 spiro atoms. The first kappa shape index (κ1) is 40.5. The number of ether oxygens (including phenoxy) is 6. The van der Waals surface area contributed by atoms with E-state index in [2.05, 4.69) is 55.5 Å². The monoisotopic (exact) mass is 826 g/mol. The van der Waals surface area contributed by atoms with Crippen molar-refractivity contribution in [3.05, 3.63) is 83.4 Å². The van der Waals surface area contributed by atoms with Crippen LogP contribution in [0.1, 0.15) is 63.1 Å². The van der Waals surface area contributed by atoms with Gasteiger partial charge in [0.1, 0.15) is 24.4 Å². The van der Waals surface area contributed by atoms with Gasteiger partial charge in [-0.3, -0.25) is 9.59 Å². The number of aromatic nitrogens is 6. The summed E-state index contributed by atoms with van der Waals surface area (Å²) in [6, 6.07) is 16.7. The molecule has 0 amide bonds. The van der Waals surface area contributed by atoms with E-state index in [0.29, 0.717) is 39.3 Å². The van der Waals surface area contributed by atoms with Gasteiger partial charge in [0.15, 0.2) is 11.6 Å². The van der Waals surface area contributed by atoms with Crippen LogP contribution in [0, 0.1) is 0 Å². The standard InChI is InChI=1S/C42H50N8O10/c1-41(2)57-37-31(13-35(51)52)55-33(39(37)59-41)17-43-15-23-19-49(47-45-23)21-29-25-9-5-7-11-27(25)30(28-12-8-6-10-26(28)29)22-50-20-24(46-48-50)16-44-18-34-40-38(58-42(3,4)60-40)32(56-34)14-36(53)54/h5-12,19-20,31-34,37-40,43-44H,13-18,21-22H2,1-4H3,(H,51,52)(H,53,54)/t31-,32-,33+,34+,37-,38-,39+,40+/m1/s1. The maximum Gasteiger partial charge on any atom is 0.306 e. The summed E-state index contributed by atoms with van der Waals surface area (Å²) in [7, 11) is 0. The average Bonchev–Trinajstić information content (AvgIpc) is 4.05. The molecule has 60 heavy (non-hydrogen) atoms. The highest BCUT2D eigenvalue weighted by Crippen LogP contribution is 2.41. The second-order valence-corrected chi connectivity index (χ2v) is 16.9. The number of nitrogens with one attached hydrogen (secondary N) is 2. The molecule has 0 saturated carbocycles. The fourth-order valence-electron chi connectivity index (χ4n) is 9.20. The molecule has 318 valence electrons. The lowest BCUT2D eigenvalue weighted by Gasteiger charge is -2.23. The lowest BCUT2D eigenvalue weighted by molar-refractivity contribution is -0.188.